The summed E-state index contributed by atoms with van der Waals surface area (Å²) in [5.74, 6) is 1.63. The number of carbonyl (C=O) groups is 1. The molecule has 0 aliphatic heterocycles. The Morgan fingerprint density at radius 2 is 0.811 bits per heavy atom. The molecule has 0 bridgehead atoms. The number of unbranched alkanes of at least 4 members (excludes halogenated alkanes) is 16. The van der Waals surface area contributed by atoms with Gasteiger partial charge in [0, 0.05) is 24.6 Å². The molecular formula is C32H56O5. The molecule has 0 aromatic heterocycles. The molecule has 5 nitrogen and oxygen atoms in total. The van der Waals surface area contributed by atoms with Crippen LogP contribution in [-0.4, -0.2) is 30.9 Å². The Morgan fingerprint density at radius 1 is 0.514 bits per heavy atom. The Kier molecular flexibility index (Phi) is 21.9. The lowest BCUT2D eigenvalue weighted by molar-refractivity contribution is -0.137. The van der Waals surface area contributed by atoms with Crippen LogP contribution in [0.3, 0.4) is 0 Å². The first-order chi connectivity index (χ1) is 18.2. The van der Waals surface area contributed by atoms with Gasteiger partial charge in [-0.05, 0) is 32.1 Å². The van der Waals surface area contributed by atoms with Crippen LogP contribution >= 0.6 is 0 Å². The smallest absolute Gasteiger partial charge is 0.303 e. The molecule has 0 heterocycles. The third-order valence-corrected chi connectivity index (χ3v) is 6.69. The Balaban J connectivity index is 2.40. The van der Waals surface area contributed by atoms with E-state index in [0.29, 0.717) is 26.2 Å². The highest BCUT2D eigenvalue weighted by Gasteiger charge is 2.06. The van der Waals surface area contributed by atoms with Gasteiger partial charge in [-0.2, -0.15) is 0 Å². The summed E-state index contributed by atoms with van der Waals surface area (Å²) in [5, 5.41) is 8.77. The highest BCUT2D eigenvalue weighted by atomic mass is 16.5. The number of aliphatic carboxylic acids is 1. The number of ether oxygens (including phenoxy) is 3. The van der Waals surface area contributed by atoms with E-state index in [0.717, 1.165) is 42.9 Å². The molecule has 0 spiro atoms. The van der Waals surface area contributed by atoms with Crippen LogP contribution in [0.4, 0.5) is 0 Å². The molecule has 1 rings (SSSR count). The normalized spacial score (nSPS) is 11.0. The zero-order valence-corrected chi connectivity index (χ0v) is 24.1. The number of benzene rings is 1. The highest BCUT2D eigenvalue weighted by molar-refractivity contribution is 5.66. The summed E-state index contributed by atoms with van der Waals surface area (Å²) < 4.78 is 18.1. The van der Waals surface area contributed by atoms with Crippen LogP contribution in [-0.2, 0) is 4.79 Å². The average molecular weight is 521 g/mol. The van der Waals surface area contributed by atoms with E-state index in [-0.39, 0.29) is 6.42 Å². The summed E-state index contributed by atoms with van der Waals surface area (Å²) in [4.78, 5) is 10.7. The van der Waals surface area contributed by atoms with Gasteiger partial charge in [-0.1, -0.05) is 104 Å². The van der Waals surface area contributed by atoms with Gasteiger partial charge in [0.15, 0.2) is 0 Å². The minimum atomic E-state index is -0.736. The van der Waals surface area contributed by atoms with E-state index >= 15 is 0 Å². The number of carboxylic acids is 1. The molecule has 0 atom stereocenters. The quantitative estimate of drug-likeness (QED) is 0.117. The summed E-state index contributed by atoms with van der Waals surface area (Å²) in [7, 11) is 0. The van der Waals surface area contributed by atoms with Crippen molar-refractivity contribution in [2.24, 2.45) is 0 Å². The number of rotatable bonds is 27. The van der Waals surface area contributed by atoms with Crippen LogP contribution in [0.5, 0.6) is 17.2 Å². The van der Waals surface area contributed by atoms with E-state index in [4.69, 9.17) is 19.3 Å². The van der Waals surface area contributed by atoms with E-state index in [9.17, 15) is 4.79 Å². The van der Waals surface area contributed by atoms with E-state index in [2.05, 4.69) is 13.8 Å². The van der Waals surface area contributed by atoms with Crippen molar-refractivity contribution in [1.29, 1.82) is 0 Å². The zero-order chi connectivity index (χ0) is 26.8. The molecule has 0 fully saturated rings. The van der Waals surface area contributed by atoms with Crippen LogP contribution in [0, 0.1) is 0 Å². The van der Waals surface area contributed by atoms with Crippen LogP contribution in [0.2, 0.25) is 0 Å². The average Bonchev–Trinajstić information content (AvgIpc) is 2.88. The predicted octanol–water partition coefficient (Wildman–Crippen LogP) is 9.75. The lowest BCUT2D eigenvalue weighted by atomic mass is 10.1. The largest absolute Gasteiger partial charge is 0.493 e. The molecular weight excluding hydrogens is 464 g/mol. The van der Waals surface area contributed by atoms with Gasteiger partial charge >= 0.3 is 5.97 Å². The van der Waals surface area contributed by atoms with Crippen molar-refractivity contribution in [2.45, 2.75) is 142 Å². The van der Waals surface area contributed by atoms with Crippen molar-refractivity contribution in [1.82, 2.24) is 0 Å². The summed E-state index contributed by atoms with van der Waals surface area (Å²) >= 11 is 0. The Hall–Kier alpha value is -1.91. The maximum absolute atomic E-state index is 10.7. The summed E-state index contributed by atoms with van der Waals surface area (Å²) in [6.07, 6.45) is 23.1. The van der Waals surface area contributed by atoms with Gasteiger partial charge in [-0.15, -0.1) is 0 Å². The predicted molar refractivity (Wildman–Crippen MR) is 154 cm³/mol. The van der Waals surface area contributed by atoms with Crippen molar-refractivity contribution < 1.29 is 24.1 Å². The van der Waals surface area contributed by atoms with Gasteiger partial charge in [-0.3, -0.25) is 4.79 Å². The van der Waals surface area contributed by atoms with E-state index < -0.39 is 5.97 Å². The monoisotopic (exact) mass is 520 g/mol. The SMILES string of the molecule is CCCCCCCCCCOc1cc(OCCCCCCCCCC)cc(OCCCCCC(=O)O)c1. The number of carboxylic acid groups (broad SMARTS) is 1. The maximum atomic E-state index is 10.7. The molecule has 0 unspecified atom stereocenters. The van der Waals surface area contributed by atoms with Gasteiger partial charge < -0.3 is 19.3 Å². The van der Waals surface area contributed by atoms with Crippen LogP contribution < -0.4 is 14.2 Å². The third-order valence-electron chi connectivity index (χ3n) is 6.69. The van der Waals surface area contributed by atoms with Crippen molar-refractivity contribution >= 4 is 5.97 Å². The highest BCUT2D eigenvalue weighted by Crippen LogP contribution is 2.29. The fourth-order valence-corrected chi connectivity index (χ4v) is 4.39. The molecule has 1 N–H and O–H groups in total. The second-order valence-corrected chi connectivity index (χ2v) is 10.3. The molecule has 0 saturated heterocycles. The first-order valence-corrected chi connectivity index (χ1v) is 15.4. The molecule has 0 aliphatic rings. The minimum Gasteiger partial charge on any atom is -0.493 e. The molecule has 5 heteroatoms. The Labute approximate surface area is 227 Å². The number of hydrogen-bond donors (Lipinski definition) is 1. The van der Waals surface area contributed by atoms with Gasteiger partial charge in [0.2, 0.25) is 0 Å². The lowest BCUT2D eigenvalue weighted by Crippen LogP contribution is -2.03. The molecule has 214 valence electrons. The van der Waals surface area contributed by atoms with Crippen LogP contribution in [0.15, 0.2) is 18.2 Å². The Bertz CT molecular complexity index is 620. The van der Waals surface area contributed by atoms with Crippen LogP contribution in [0.25, 0.3) is 0 Å². The molecule has 0 amide bonds. The number of hydrogen-bond acceptors (Lipinski definition) is 4. The second kappa shape index (κ2) is 24.4. The molecule has 37 heavy (non-hydrogen) atoms. The maximum Gasteiger partial charge on any atom is 0.303 e. The molecule has 0 radical (unpaired) electrons. The van der Waals surface area contributed by atoms with Gasteiger partial charge in [0.05, 0.1) is 19.8 Å². The molecule has 0 aliphatic carbocycles. The Morgan fingerprint density at radius 3 is 1.14 bits per heavy atom. The standard InChI is InChI=1S/C32H56O5/c1-3-5-7-9-11-13-15-19-23-35-29-26-30(36-24-20-16-14-12-10-8-6-4-2)28-31(27-29)37-25-21-17-18-22-32(33)34/h26-28H,3-25H2,1-2H3,(H,33,34). The van der Waals surface area contributed by atoms with Gasteiger partial charge in [-0.25, -0.2) is 0 Å². The summed E-state index contributed by atoms with van der Waals surface area (Å²) in [6.45, 7) is 6.51. The van der Waals surface area contributed by atoms with E-state index in [1.54, 1.807) is 0 Å². The summed E-state index contributed by atoms with van der Waals surface area (Å²) in [5.41, 5.74) is 0. The summed E-state index contributed by atoms with van der Waals surface area (Å²) in [6, 6.07) is 5.88. The topological polar surface area (TPSA) is 65.0 Å². The molecule has 1 aromatic rings. The fraction of sp³-hybridized carbons (Fsp3) is 0.781. The third kappa shape index (κ3) is 20.8. The zero-order valence-electron chi connectivity index (χ0n) is 24.1. The second-order valence-electron chi connectivity index (χ2n) is 10.3. The van der Waals surface area contributed by atoms with Crippen molar-refractivity contribution in [3.8, 4) is 17.2 Å². The van der Waals surface area contributed by atoms with Gasteiger partial charge in [0.1, 0.15) is 17.2 Å². The fourth-order valence-electron chi connectivity index (χ4n) is 4.39. The lowest BCUT2D eigenvalue weighted by Gasteiger charge is -2.13. The van der Waals surface area contributed by atoms with E-state index in [1.807, 2.05) is 18.2 Å². The first-order valence-electron chi connectivity index (χ1n) is 15.4. The van der Waals surface area contributed by atoms with Crippen molar-refractivity contribution in [2.75, 3.05) is 19.8 Å². The molecule has 1 aromatic carbocycles. The first kappa shape index (κ1) is 33.1. The van der Waals surface area contributed by atoms with E-state index in [1.165, 1.54) is 89.9 Å². The molecule has 0 saturated carbocycles. The van der Waals surface area contributed by atoms with Gasteiger partial charge in [0.25, 0.3) is 0 Å². The van der Waals surface area contributed by atoms with Crippen molar-refractivity contribution in [3.05, 3.63) is 18.2 Å². The minimum absolute atomic E-state index is 0.221. The van der Waals surface area contributed by atoms with Crippen molar-refractivity contribution in [3.63, 3.8) is 0 Å². The van der Waals surface area contributed by atoms with Crippen LogP contribution in [0.1, 0.15) is 142 Å².